The summed E-state index contributed by atoms with van der Waals surface area (Å²) in [6.45, 7) is 6.15. The first kappa shape index (κ1) is 16.7. The van der Waals surface area contributed by atoms with Gasteiger partial charge in [0.2, 0.25) is 5.91 Å². The fourth-order valence-electron chi connectivity index (χ4n) is 2.25. The van der Waals surface area contributed by atoms with Crippen LogP contribution in [0.1, 0.15) is 29.8 Å². The van der Waals surface area contributed by atoms with Crippen molar-refractivity contribution in [3.05, 3.63) is 46.0 Å². The van der Waals surface area contributed by atoms with E-state index in [0.29, 0.717) is 18.7 Å². The van der Waals surface area contributed by atoms with Gasteiger partial charge >= 0.3 is 0 Å². The van der Waals surface area contributed by atoms with Crippen LogP contribution in [0.2, 0.25) is 0 Å². The zero-order chi connectivity index (χ0) is 17.0. The van der Waals surface area contributed by atoms with Crippen molar-refractivity contribution in [2.24, 2.45) is 0 Å². The summed E-state index contributed by atoms with van der Waals surface area (Å²) < 4.78 is 1.35. The van der Waals surface area contributed by atoms with Gasteiger partial charge < -0.3 is 10.2 Å². The second-order valence-corrected chi connectivity index (χ2v) is 5.18. The van der Waals surface area contributed by atoms with Gasteiger partial charge in [-0.3, -0.25) is 18.8 Å². The molecule has 0 spiro atoms. The summed E-state index contributed by atoms with van der Waals surface area (Å²) in [6, 6.07) is 3.56. The second kappa shape index (κ2) is 7.04. The summed E-state index contributed by atoms with van der Waals surface area (Å²) in [7, 11) is 0. The van der Waals surface area contributed by atoms with Crippen LogP contribution in [0.3, 0.4) is 0 Å². The average molecular weight is 316 g/mol. The van der Waals surface area contributed by atoms with Crippen molar-refractivity contribution in [3.63, 3.8) is 0 Å². The number of pyridine rings is 1. The van der Waals surface area contributed by atoms with Crippen LogP contribution < -0.4 is 10.9 Å². The van der Waals surface area contributed by atoms with Gasteiger partial charge in [0.15, 0.2) is 0 Å². The first-order valence-electron chi connectivity index (χ1n) is 7.52. The van der Waals surface area contributed by atoms with Crippen LogP contribution in [-0.2, 0) is 4.79 Å². The molecule has 2 rings (SSSR count). The minimum atomic E-state index is -0.493. The van der Waals surface area contributed by atoms with Crippen molar-refractivity contribution in [3.8, 4) is 0 Å². The van der Waals surface area contributed by atoms with E-state index in [1.165, 1.54) is 15.5 Å². The Balaban J connectivity index is 2.38. The highest BCUT2D eigenvalue weighted by atomic mass is 16.2. The zero-order valence-corrected chi connectivity index (χ0v) is 13.5. The van der Waals surface area contributed by atoms with Crippen LogP contribution in [0.4, 0.5) is 0 Å². The third-order valence-electron chi connectivity index (χ3n) is 3.46. The number of nitrogens with one attached hydrogen (secondary N) is 1. The van der Waals surface area contributed by atoms with Gasteiger partial charge in [-0.15, -0.1) is 0 Å². The predicted octanol–water partition coefficient (Wildman–Crippen LogP) is 0.601. The van der Waals surface area contributed by atoms with Gasteiger partial charge in [0.1, 0.15) is 11.2 Å². The van der Waals surface area contributed by atoms with Crippen molar-refractivity contribution in [1.82, 2.24) is 19.6 Å². The quantitative estimate of drug-likeness (QED) is 0.875. The summed E-state index contributed by atoms with van der Waals surface area (Å²) in [4.78, 5) is 42.2. The Hall–Kier alpha value is -2.70. The molecule has 0 saturated heterocycles. The monoisotopic (exact) mass is 316 g/mol. The molecule has 0 aromatic carbocycles. The van der Waals surface area contributed by atoms with E-state index in [1.807, 2.05) is 13.0 Å². The molecule has 23 heavy (non-hydrogen) atoms. The molecule has 2 heterocycles. The van der Waals surface area contributed by atoms with E-state index in [0.717, 1.165) is 5.56 Å². The highest BCUT2D eigenvalue weighted by Crippen LogP contribution is 2.04. The van der Waals surface area contributed by atoms with Crippen LogP contribution in [0.15, 0.2) is 29.3 Å². The molecule has 0 bridgehead atoms. The Morgan fingerprint density at radius 1 is 1.30 bits per heavy atom. The molecule has 7 heteroatoms. The fraction of sp³-hybridized carbons (Fsp3) is 0.375. The lowest BCUT2D eigenvalue weighted by molar-refractivity contribution is -0.121. The zero-order valence-electron chi connectivity index (χ0n) is 13.5. The lowest BCUT2D eigenvalue weighted by atomic mass is 10.2. The maximum absolute atomic E-state index is 12.6. The van der Waals surface area contributed by atoms with E-state index in [1.54, 1.807) is 26.1 Å². The molecule has 2 amide bonds. The number of amides is 2. The standard InChI is InChI=1S/C16H20N4O3/c1-4-17-14(21)10-19(5-2)15(22)12-8-18-13-7-6-11(3)9-20(13)16(12)23/h6-9H,4-5,10H2,1-3H3,(H,17,21). The number of hydrogen-bond donors (Lipinski definition) is 1. The van der Waals surface area contributed by atoms with Gasteiger partial charge in [-0.1, -0.05) is 6.07 Å². The largest absolute Gasteiger partial charge is 0.355 e. The predicted molar refractivity (Wildman–Crippen MR) is 86.5 cm³/mol. The number of carbonyl (C=O) groups is 2. The lowest BCUT2D eigenvalue weighted by Gasteiger charge is -2.19. The molecular weight excluding hydrogens is 296 g/mol. The topological polar surface area (TPSA) is 83.8 Å². The van der Waals surface area contributed by atoms with E-state index in [2.05, 4.69) is 10.3 Å². The van der Waals surface area contributed by atoms with E-state index in [9.17, 15) is 14.4 Å². The molecule has 0 radical (unpaired) electrons. The Labute approximate surface area is 133 Å². The molecule has 0 atom stereocenters. The van der Waals surface area contributed by atoms with E-state index in [4.69, 9.17) is 0 Å². The highest BCUT2D eigenvalue weighted by Gasteiger charge is 2.21. The smallest absolute Gasteiger partial charge is 0.270 e. The molecule has 122 valence electrons. The Morgan fingerprint density at radius 2 is 2.04 bits per heavy atom. The summed E-state index contributed by atoms with van der Waals surface area (Å²) in [5.41, 5.74) is 0.891. The average Bonchev–Trinajstić information content (AvgIpc) is 2.53. The number of aryl methyl sites for hydroxylation is 1. The first-order chi connectivity index (χ1) is 11.0. The third kappa shape index (κ3) is 3.56. The van der Waals surface area contributed by atoms with Crippen molar-refractivity contribution < 1.29 is 9.59 Å². The van der Waals surface area contributed by atoms with E-state index in [-0.39, 0.29) is 18.0 Å². The number of carbonyl (C=O) groups excluding carboxylic acids is 2. The highest BCUT2D eigenvalue weighted by molar-refractivity contribution is 5.96. The van der Waals surface area contributed by atoms with Crippen molar-refractivity contribution in [2.75, 3.05) is 19.6 Å². The van der Waals surface area contributed by atoms with E-state index < -0.39 is 11.5 Å². The van der Waals surface area contributed by atoms with Gasteiger partial charge in [-0.2, -0.15) is 0 Å². The van der Waals surface area contributed by atoms with Crippen LogP contribution in [0.5, 0.6) is 0 Å². The fourth-order valence-corrected chi connectivity index (χ4v) is 2.25. The summed E-state index contributed by atoms with van der Waals surface area (Å²) >= 11 is 0. The first-order valence-corrected chi connectivity index (χ1v) is 7.52. The summed E-state index contributed by atoms with van der Waals surface area (Å²) in [5.74, 6) is -0.750. The number of aromatic nitrogens is 2. The molecule has 0 aliphatic heterocycles. The minimum absolute atomic E-state index is 0.0424. The van der Waals surface area contributed by atoms with Crippen molar-refractivity contribution in [1.29, 1.82) is 0 Å². The SMILES string of the molecule is CCNC(=O)CN(CC)C(=O)c1cnc2ccc(C)cn2c1=O. The number of nitrogens with zero attached hydrogens (tertiary/aromatic N) is 3. The molecule has 0 aliphatic rings. The Kier molecular flexibility index (Phi) is 5.10. The molecule has 0 aliphatic carbocycles. The minimum Gasteiger partial charge on any atom is -0.355 e. The van der Waals surface area contributed by atoms with E-state index >= 15 is 0 Å². The molecule has 0 fully saturated rings. The van der Waals surface area contributed by atoms with Crippen LogP contribution in [0, 0.1) is 6.92 Å². The molecule has 0 unspecified atom stereocenters. The third-order valence-corrected chi connectivity index (χ3v) is 3.46. The molecule has 0 saturated carbocycles. The Morgan fingerprint density at radius 3 is 2.70 bits per heavy atom. The lowest BCUT2D eigenvalue weighted by Crippen LogP contribution is -2.42. The normalized spacial score (nSPS) is 10.6. The summed E-state index contributed by atoms with van der Waals surface area (Å²) in [5, 5.41) is 2.64. The maximum Gasteiger partial charge on any atom is 0.270 e. The van der Waals surface area contributed by atoms with Crippen LogP contribution in [0.25, 0.3) is 5.65 Å². The van der Waals surface area contributed by atoms with Crippen LogP contribution >= 0.6 is 0 Å². The van der Waals surface area contributed by atoms with Crippen LogP contribution in [-0.4, -0.2) is 45.7 Å². The number of rotatable bonds is 5. The van der Waals surface area contributed by atoms with Gasteiger partial charge in [0.25, 0.3) is 11.5 Å². The second-order valence-electron chi connectivity index (χ2n) is 5.18. The Bertz CT molecular complexity index is 798. The maximum atomic E-state index is 12.6. The molecule has 7 nitrogen and oxygen atoms in total. The number of hydrogen-bond acceptors (Lipinski definition) is 4. The molecule has 2 aromatic heterocycles. The number of likely N-dealkylation sites (N-methyl/N-ethyl adjacent to an activating group) is 2. The molecule has 2 aromatic rings. The molecule has 1 N–H and O–H groups in total. The summed E-state index contributed by atoms with van der Waals surface area (Å²) in [6.07, 6.45) is 2.91. The van der Waals surface area contributed by atoms with Crippen molar-refractivity contribution in [2.45, 2.75) is 20.8 Å². The van der Waals surface area contributed by atoms with Crippen molar-refractivity contribution >= 4 is 17.5 Å². The van der Waals surface area contributed by atoms with Gasteiger partial charge in [0.05, 0.1) is 6.54 Å². The van der Waals surface area contributed by atoms with Gasteiger partial charge in [-0.05, 0) is 32.4 Å². The number of fused-ring (bicyclic) bond motifs is 1. The van der Waals surface area contributed by atoms with Gasteiger partial charge in [-0.25, -0.2) is 4.98 Å². The molecular formula is C16H20N4O3. The van der Waals surface area contributed by atoms with Gasteiger partial charge in [0, 0.05) is 25.5 Å².